The molecule has 2 fully saturated rings. The zero-order valence-corrected chi connectivity index (χ0v) is 31.7. The number of para-hydroxylation sites is 1. The molecule has 11 heteroatoms. The van der Waals surface area contributed by atoms with Crippen LogP contribution in [0.1, 0.15) is 76.1 Å². The molecule has 0 aromatic heterocycles. The number of carbonyl (C=O) groups is 2. The van der Waals surface area contributed by atoms with E-state index in [1.807, 2.05) is 30.3 Å². The molecule has 0 N–H and O–H groups in total. The van der Waals surface area contributed by atoms with Gasteiger partial charge in [0.05, 0.1) is 17.7 Å². The molecule has 0 aliphatic carbocycles. The molecule has 3 aromatic carbocycles. The summed E-state index contributed by atoms with van der Waals surface area (Å²) in [6.45, 7) is 17.2. The summed E-state index contributed by atoms with van der Waals surface area (Å²) in [5, 5.41) is 0. The third kappa shape index (κ3) is 7.87. The summed E-state index contributed by atoms with van der Waals surface area (Å²) in [5.41, 5.74) is 0.896. The predicted molar refractivity (Wildman–Crippen MR) is 191 cm³/mol. The zero-order chi connectivity index (χ0) is 35.3. The van der Waals surface area contributed by atoms with Crippen LogP contribution in [-0.4, -0.2) is 66.4 Å². The van der Waals surface area contributed by atoms with Gasteiger partial charge < -0.3 is 31.9 Å². The molecule has 2 heterocycles. The van der Waals surface area contributed by atoms with Gasteiger partial charge in [0, 0.05) is 0 Å². The number of ether oxygens (including phenoxy) is 4. The first-order valence-corrected chi connectivity index (χ1v) is 21.2. The number of hydrogen-bond donors (Lipinski definition) is 0. The second-order valence-corrected chi connectivity index (χ2v) is 22.8. The van der Waals surface area contributed by atoms with Crippen LogP contribution in [-0.2, 0) is 27.2 Å². The van der Waals surface area contributed by atoms with Gasteiger partial charge in [-0.25, -0.2) is 9.59 Å². The summed E-state index contributed by atoms with van der Waals surface area (Å²) in [7, 11) is -6.13. The summed E-state index contributed by atoms with van der Waals surface area (Å²) >= 11 is 0. The number of benzene rings is 3. The molecule has 2 aliphatic rings. The van der Waals surface area contributed by atoms with Crippen molar-refractivity contribution in [1.82, 2.24) is 0 Å². The molecule has 0 spiro atoms. The van der Waals surface area contributed by atoms with Gasteiger partial charge >= 0.3 is 29.1 Å². The summed E-state index contributed by atoms with van der Waals surface area (Å²) in [5.74, 6) is -0.708. The van der Waals surface area contributed by atoms with Crippen molar-refractivity contribution in [3.8, 4) is 5.75 Å². The van der Waals surface area contributed by atoms with E-state index < -0.39 is 59.8 Å². The van der Waals surface area contributed by atoms with Crippen LogP contribution in [0, 0.1) is 0 Å². The summed E-state index contributed by atoms with van der Waals surface area (Å²) in [6, 6.07) is 26.5. The molecule has 0 unspecified atom stereocenters. The zero-order valence-electron chi connectivity index (χ0n) is 29.7. The number of carbonyl (C=O) groups excluding carboxylic acids is 2. The molecule has 0 radical (unpaired) electrons. The third-order valence-corrected chi connectivity index (χ3v) is 19.7. The van der Waals surface area contributed by atoms with E-state index in [1.165, 1.54) is 0 Å². The largest absolute Gasteiger partial charge is 0.461 e. The van der Waals surface area contributed by atoms with Crippen molar-refractivity contribution >= 4 is 29.1 Å². The Morgan fingerprint density at radius 3 is 1.55 bits per heavy atom. The Labute approximate surface area is 292 Å². The first kappa shape index (κ1) is 36.9. The molecule has 5 atom stereocenters. The molecule has 3 aromatic rings. The summed E-state index contributed by atoms with van der Waals surface area (Å²) in [6.07, 6.45) is -5.17. The molecule has 0 bridgehead atoms. The van der Waals surface area contributed by atoms with Crippen molar-refractivity contribution in [2.24, 2.45) is 0 Å². The molecule has 9 nitrogen and oxygen atoms in total. The van der Waals surface area contributed by atoms with Crippen molar-refractivity contribution < 1.29 is 41.5 Å². The van der Waals surface area contributed by atoms with E-state index in [0.29, 0.717) is 16.9 Å². The van der Waals surface area contributed by atoms with Crippen LogP contribution in [0.5, 0.6) is 5.75 Å². The van der Waals surface area contributed by atoms with Gasteiger partial charge in [0.15, 0.2) is 6.10 Å². The minimum atomic E-state index is -3.21. The van der Waals surface area contributed by atoms with E-state index in [1.54, 1.807) is 60.7 Å². The molecular formula is C38H50O9Si2. The number of rotatable bonds is 10. The molecule has 264 valence electrons. The van der Waals surface area contributed by atoms with Crippen LogP contribution in [0.3, 0.4) is 0 Å². The minimum absolute atomic E-state index is 0.00619. The van der Waals surface area contributed by atoms with Gasteiger partial charge in [0.2, 0.25) is 12.4 Å². The Balaban J connectivity index is 1.65. The minimum Gasteiger partial charge on any atom is -0.461 e. The Bertz CT molecular complexity index is 1500. The van der Waals surface area contributed by atoms with Crippen LogP contribution in [0.4, 0.5) is 0 Å². The SMILES string of the molecule is CC(C)[Si]1(C(C)C)OC[C@H]2O[C@H](Oc3ccccc3)[C@H](OC(=O)c3ccccc3)[C@@H](OC(=O)c3ccccc3)[C@@H]2O[Si](C(C)C)(C(C)C)O1. The monoisotopic (exact) mass is 706 g/mol. The normalized spacial score (nSPS) is 24.9. The van der Waals surface area contributed by atoms with Crippen LogP contribution < -0.4 is 4.74 Å². The lowest BCUT2D eigenvalue weighted by Crippen LogP contribution is -2.71. The molecule has 5 rings (SSSR count). The maximum absolute atomic E-state index is 13.9. The Kier molecular flexibility index (Phi) is 11.8. The maximum Gasteiger partial charge on any atom is 0.338 e. The molecule has 49 heavy (non-hydrogen) atoms. The standard InChI is InChI=1S/C38H50O9Si2/c1-25(2)48(26(3)4)41-24-32-33(46-49(47-48,27(5)6)28(7)8)34(44-36(39)29-18-12-9-13-19-29)35(45-37(40)30-20-14-10-15-21-30)38(43-32)42-31-22-16-11-17-23-31/h9-23,25-28,32-35,38H,24H2,1-8H3/t32-,33-,34+,35-,38+/m1/s1. The second kappa shape index (κ2) is 15.7. The smallest absolute Gasteiger partial charge is 0.338 e. The lowest BCUT2D eigenvalue weighted by Gasteiger charge is -2.55. The number of hydrogen-bond acceptors (Lipinski definition) is 9. The van der Waals surface area contributed by atoms with Crippen LogP contribution >= 0.6 is 0 Å². The Morgan fingerprint density at radius 2 is 1.08 bits per heavy atom. The fraction of sp³-hybridized carbons (Fsp3) is 0.474. The van der Waals surface area contributed by atoms with Gasteiger partial charge in [0.1, 0.15) is 18.0 Å². The van der Waals surface area contributed by atoms with E-state index >= 15 is 0 Å². The fourth-order valence-electron chi connectivity index (χ4n) is 6.81. The van der Waals surface area contributed by atoms with Crippen LogP contribution in [0.25, 0.3) is 0 Å². The highest BCUT2D eigenvalue weighted by molar-refractivity contribution is 6.84. The van der Waals surface area contributed by atoms with Gasteiger partial charge in [-0.05, 0) is 58.6 Å². The second-order valence-electron chi connectivity index (χ2n) is 14.0. The number of esters is 2. The van der Waals surface area contributed by atoms with Crippen molar-refractivity contribution in [2.75, 3.05) is 6.61 Å². The lowest BCUT2D eigenvalue weighted by molar-refractivity contribution is -0.276. The van der Waals surface area contributed by atoms with Gasteiger partial charge in [-0.3, -0.25) is 0 Å². The third-order valence-electron chi connectivity index (χ3n) is 9.42. The first-order chi connectivity index (χ1) is 23.4. The summed E-state index contributed by atoms with van der Waals surface area (Å²) < 4.78 is 47.5. The molecule has 2 saturated heterocycles. The highest BCUT2D eigenvalue weighted by atomic mass is 28.5. The Hall–Kier alpha value is -3.33. The number of fused-ring (bicyclic) bond motifs is 1. The Morgan fingerprint density at radius 1 is 0.633 bits per heavy atom. The van der Waals surface area contributed by atoms with Crippen LogP contribution in [0.15, 0.2) is 91.0 Å². The van der Waals surface area contributed by atoms with Gasteiger partial charge in [-0.2, -0.15) is 0 Å². The van der Waals surface area contributed by atoms with Crippen molar-refractivity contribution in [3.63, 3.8) is 0 Å². The van der Waals surface area contributed by atoms with Crippen molar-refractivity contribution in [1.29, 1.82) is 0 Å². The fourth-order valence-corrected chi connectivity index (χ4v) is 18.0. The van der Waals surface area contributed by atoms with Crippen molar-refractivity contribution in [3.05, 3.63) is 102 Å². The molecule has 0 amide bonds. The highest BCUT2D eigenvalue weighted by Crippen LogP contribution is 2.48. The lowest BCUT2D eigenvalue weighted by atomic mass is 9.98. The topological polar surface area (TPSA) is 98.8 Å². The average Bonchev–Trinajstić information content (AvgIpc) is 3.08. The van der Waals surface area contributed by atoms with E-state index in [0.717, 1.165) is 0 Å². The average molecular weight is 707 g/mol. The van der Waals surface area contributed by atoms with E-state index in [4.69, 9.17) is 31.9 Å². The van der Waals surface area contributed by atoms with E-state index in [9.17, 15) is 9.59 Å². The van der Waals surface area contributed by atoms with Crippen molar-refractivity contribution in [2.45, 2.75) is 108 Å². The van der Waals surface area contributed by atoms with Gasteiger partial charge in [-0.15, -0.1) is 0 Å². The molecule has 0 saturated carbocycles. The van der Waals surface area contributed by atoms with Gasteiger partial charge in [0.25, 0.3) is 0 Å². The maximum atomic E-state index is 13.9. The highest BCUT2D eigenvalue weighted by Gasteiger charge is 2.63. The summed E-state index contributed by atoms with van der Waals surface area (Å²) in [4.78, 5) is 27.6. The van der Waals surface area contributed by atoms with E-state index in [2.05, 4.69) is 55.4 Å². The quantitative estimate of drug-likeness (QED) is 0.153. The predicted octanol–water partition coefficient (Wildman–Crippen LogP) is 8.20. The molecule has 2 aliphatic heterocycles. The van der Waals surface area contributed by atoms with Gasteiger partial charge in [-0.1, -0.05) is 110 Å². The first-order valence-electron chi connectivity index (χ1n) is 17.3. The van der Waals surface area contributed by atoms with Crippen LogP contribution in [0.2, 0.25) is 22.2 Å². The molecular weight excluding hydrogens is 657 g/mol. The van der Waals surface area contributed by atoms with E-state index in [-0.39, 0.29) is 28.8 Å².